The molecule has 0 radical (unpaired) electrons. The fourth-order valence-electron chi connectivity index (χ4n) is 6.74. The molecule has 0 saturated carbocycles. The minimum atomic E-state index is -0.787. The average molecular weight is 837 g/mol. The Bertz CT molecular complexity index is 1140. The molecule has 0 N–H and O–H groups in total. The molecule has 0 aliphatic heterocycles. The Labute approximate surface area is 370 Å². The molecule has 1 unspecified atom stereocenters. The van der Waals surface area contributed by atoms with Gasteiger partial charge in [0.25, 0.3) is 0 Å². The standard InChI is InChI=1S/C54H92O6/c1-4-7-10-13-16-19-21-23-24-25-26-27-28-29-30-32-33-35-38-41-44-47-53(56)59-50-51(49-58-52(55)46-43-40-37-18-15-12-9-6-3)60-54(57)48-45-42-39-36-34-31-22-20-17-14-11-8-5-2/h7,10,16,19,23-24,26-27,29-30,33,35,51H,4-6,8-9,11-15,17-18,20-22,25,28,31-32,34,36-50H2,1-3H3/b10-7-,19-16-,24-23-,27-26-,30-29-,35-33-. The van der Waals surface area contributed by atoms with Gasteiger partial charge in [-0.3, -0.25) is 14.4 Å². The Morgan fingerprint density at radius 1 is 0.350 bits per heavy atom. The van der Waals surface area contributed by atoms with Crippen molar-refractivity contribution in [1.29, 1.82) is 0 Å². The zero-order chi connectivity index (χ0) is 43.7. The van der Waals surface area contributed by atoms with E-state index in [4.69, 9.17) is 14.2 Å². The van der Waals surface area contributed by atoms with E-state index in [0.717, 1.165) is 96.3 Å². The van der Waals surface area contributed by atoms with Gasteiger partial charge in [0.05, 0.1) is 0 Å². The van der Waals surface area contributed by atoms with Crippen LogP contribution in [0, 0.1) is 0 Å². The van der Waals surface area contributed by atoms with E-state index < -0.39 is 6.10 Å². The summed E-state index contributed by atoms with van der Waals surface area (Å²) < 4.78 is 16.7. The summed E-state index contributed by atoms with van der Waals surface area (Å²) in [6.45, 7) is 6.45. The quantitative estimate of drug-likeness (QED) is 0.0263. The van der Waals surface area contributed by atoms with Gasteiger partial charge in [-0.05, 0) is 70.6 Å². The third kappa shape index (κ3) is 45.9. The van der Waals surface area contributed by atoms with Gasteiger partial charge in [-0.1, -0.05) is 216 Å². The molecule has 0 amide bonds. The topological polar surface area (TPSA) is 78.9 Å². The largest absolute Gasteiger partial charge is 0.462 e. The maximum Gasteiger partial charge on any atom is 0.306 e. The number of carbonyl (C=O) groups is 3. The molecule has 0 aliphatic rings. The highest BCUT2D eigenvalue weighted by Gasteiger charge is 2.19. The molecule has 0 bridgehead atoms. The van der Waals surface area contributed by atoms with E-state index in [9.17, 15) is 14.4 Å². The molecular weight excluding hydrogens is 745 g/mol. The van der Waals surface area contributed by atoms with Gasteiger partial charge in [0, 0.05) is 19.3 Å². The van der Waals surface area contributed by atoms with E-state index in [1.165, 1.54) is 96.3 Å². The molecule has 0 fully saturated rings. The molecule has 0 aromatic rings. The Hall–Kier alpha value is -3.15. The van der Waals surface area contributed by atoms with Gasteiger partial charge in [0.15, 0.2) is 6.10 Å². The fourth-order valence-corrected chi connectivity index (χ4v) is 6.74. The SMILES string of the molecule is CC/C=C\C/C=C\C/C=C\C/C=C\C/C=C\C/C=C\CCCCC(=O)OCC(COC(=O)CCCCCCCCCC)OC(=O)CCCCCCCCCCCCCCC. The van der Waals surface area contributed by atoms with Crippen molar-refractivity contribution in [3.63, 3.8) is 0 Å². The number of hydrogen-bond acceptors (Lipinski definition) is 6. The summed E-state index contributed by atoms with van der Waals surface area (Å²) in [5.74, 6) is -0.936. The van der Waals surface area contributed by atoms with Crippen molar-refractivity contribution in [2.24, 2.45) is 0 Å². The molecule has 0 rings (SSSR count). The highest BCUT2D eigenvalue weighted by molar-refractivity contribution is 5.71. The lowest BCUT2D eigenvalue weighted by Crippen LogP contribution is -2.30. The summed E-state index contributed by atoms with van der Waals surface area (Å²) in [5.41, 5.74) is 0. The summed E-state index contributed by atoms with van der Waals surface area (Å²) in [4.78, 5) is 37.8. The number of hydrogen-bond donors (Lipinski definition) is 0. The summed E-state index contributed by atoms with van der Waals surface area (Å²) in [6.07, 6.45) is 60.4. The van der Waals surface area contributed by atoms with E-state index in [0.29, 0.717) is 19.3 Å². The smallest absolute Gasteiger partial charge is 0.306 e. The molecule has 6 nitrogen and oxygen atoms in total. The van der Waals surface area contributed by atoms with Crippen LogP contribution in [0.25, 0.3) is 0 Å². The van der Waals surface area contributed by atoms with Crippen LogP contribution in [-0.2, 0) is 28.6 Å². The van der Waals surface area contributed by atoms with Crippen molar-refractivity contribution < 1.29 is 28.6 Å². The fraction of sp³-hybridized carbons (Fsp3) is 0.722. The lowest BCUT2D eigenvalue weighted by molar-refractivity contribution is -0.167. The average Bonchev–Trinajstić information content (AvgIpc) is 3.24. The number of unbranched alkanes of at least 4 members (excludes halogenated alkanes) is 21. The number of rotatable bonds is 44. The normalized spacial score (nSPS) is 12.7. The predicted octanol–water partition coefficient (Wildman–Crippen LogP) is 16.3. The number of esters is 3. The molecule has 0 aliphatic carbocycles. The van der Waals surface area contributed by atoms with Gasteiger partial charge in [-0.15, -0.1) is 0 Å². The Kier molecular flexibility index (Phi) is 46.0. The summed E-state index contributed by atoms with van der Waals surface area (Å²) in [6, 6.07) is 0. The molecule has 0 aromatic carbocycles. The molecule has 0 aromatic heterocycles. The summed E-state index contributed by atoms with van der Waals surface area (Å²) >= 11 is 0. The van der Waals surface area contributed by atoms with Crippen molar-refractivity contribution in [2.75, 3.05) is 13.2 Å². The lowest BCUT2D eigenvalue weighted by atomic mass is 10.0. The van der Waals surface area contributed by atoms with Crippen LogP contribution in [0.1, 0.15) is 233 Å². The zero-order valence-electron chi connectivity index (χ0n) is 39.2. The first-order chi connectivity index (χ1) is 29.5. The van der Waals surface area contributed by atoms with Gasteiger partial charge in [-0.25, -0.2) is 0 Å². The second-order valence-electron chi connectivity index (χ2n) is 16.4. The van der Waals surface area contributed by atoms with Gasteiger partial charge in [-0.2, -0.15) is 0 Å². The number of allylic oxidation sites excluding steroid dienone is 12. The highest BCUT2D eigenvalue weighted by Crippen LogP contribution is 2.14. The second kappa shape index (κ2) is 48.5. The Morgan fingerprint density at radius 3 is 1.02 bits per heavy atom. The van der Waals surface area contributed by atoms with Crippen LogP contribution < -0.4 is 0 Å². The van der Waals surface area contributed by atoms with Crippen molar-refractivity contribution in [3.05, 3.63) is 72.9 Å². The minimum Gasteiger partial charge on any atom is -0.462 e. The van der Waals surface area contributed by atoms with Crippen molar-refractivity contribution in [1.82, 2.24) is 0 Å². The van der Waals surface area contributed by atoms with Gasteiger partial charge < -0.3 is 14.2 Å². The van der Waals surface area contributed by atoms with E-state index in [2.05, 4.69) is 93.7 Å². The summed E-state index contributed by atoms with van der Waals surface area (Å²) in [7, 11) is 0. The van der Waals surface area contributed by atoms with E-state index in [1.54, 1.807) is 0 Å². The van der Waals surface area contributed by atoms with Gasteiger partial charge in [0.1, 0.15) is 13.2 Å². The first-order valence-electron chi connectivity index (χ1n) is 24.9. The van der Waals surface area contributed by atoms with E-state index in [-0.39, 0.29) is 31.1 Å². The van der Waals surface area contributed by atoms with Gasteiger partial charge in [0.2, 0.25) is 0 Å². The number of carbonyl (C=O) groups excluding carboxylic acids is 3. The van der Waals surface area contributed by atoms with Gasteiger partial charge >= 0.3 is 17.9 Å². The first-order valence-corrected chi connectivity index (χ1v) is 24.9. The van der Waals surface area contributed by atoms with Crippen LogP contribution in [0.15, 0.2) is 72.9 Å². The molecule has 0 heterocycles. The van der Waals surface area contributed by atoms with Crippen LogP contribution in [0.2, 0.25) is 0 Å². The van der Waals surface area contributed by atoms with E-state index in [1.807, 2.05) is 0 Å². The maximum atomic E-state index is 12.7. The van der Waals surface area contributed by atoms with Crippen molar-refractivity contribution in [2.45, 2.75) is 239 Å². The highest BCUT2D eigenvalue weighted by atomic mass is 16.6. The van der Waals surface area contributed by atoms with Crippen molar-refractivity contribution >= 4 is 17.9 Å². The monoisotopic (exact) mass is 837 g/mol. The maximum absolute atomic E-state index is 12.7. The predicted molar refractivity (Wildman–Crippen MR) is 256 cm³/mol. The van der Waals surface area contributed by atoms with Crippen LogP contribution in [-0.4, -0.2) is 37.2 Å². The van der Waals surface area contributed by atoms with E-state index >= 15 is 0 Å². The summed E-state index contributed by atoms with van der Waals surface area (Å²) in [5, 5.41) is 0. The first kappa shape index (κ1) is 56.9. The third-order valence-electron chi connectivity index (χ3n) is 10.5. The van der Waals surface area contributed by atoms with Crippen LogP contribution >= 0.6 is 0 Å². The Balaban J connectivity index is 4.37. The van der Waals surface area contributed by atoms with Crippen LogP contribution in [0.3, 0.4) is 0 Å². The zero-order valence-corrected chi connectivity index (χ0v) is 39.2. The van der Waals surface area contributed by atoms with Crippen LogP contribution in [0.4, 0.5) is 0 Å². The van der Waals surface area contributed by atoms with Crippen molar-refractivity contribution in [3.8, 4) is 0 Å². The molecule has 1 atom stereocenters. The molecule has 0 spiro atoms. The molecule has 344 valence electrons. The third-order valence-corrected chi connectivity index (χ3v) is 10.5. The second-order valence-corrected chi connectivity index (χ2v) is 16.4. The molecule has 6 heteroatoms. The molecule has 60 heavy (non-hydrogen) atoms. The number of ether oxygens (including phenoxy) is 3. The minimum absolute atomic E-state index is 0.0871. The lowest BCUT2D eigenvalue weighted by Gasteiger charge is -2.18. The molecular formula is C54H92O6. The van der Waals surface area contributed by atoms with Crippen LogP contribution in [0.5, 0.6) is 0 Å². The Morgan fingerprint density at radius 2 is 0.650 bits per heavy atom. The molecule has 0 saturated heterocycles.